The van der Waals surface area contributed by atoms with E-state index in [2.05, 4.69) is 28.2 Å². The summed E-state index contributed by atoms with van der Waals surface area (Å²) in [6.45, 7) is 2.13. The molecular weight excluding hydrogens is 220 g/mol. The Kier molecular flexibility index (Phi) is 2.21. The topological polar surface area (TPSA) is 67.6 Å². The van der Waals surface area contributed by atoms with Crippen LogP contribution in [0.1, 0.15) is 36.4 Å². The molecule has 2 aromatic heterocycles. The van der Waals surface area contributed by atoms with Gasteiger partial charge in [0.25, 0.3) is 0 Å². The van der Waals surface area contributed by atoms with Crippen molar-refractivity contribution in [3.05, 3.63) is 16.8 Å². The first-order valence-electron chi connectivity index (χ1n) is 5.58. The average Bonchev–Trinajstić information content (AvgIpc) is 2.89. The van der Waals surface area contributed by atoms with Crippen molar-refractivity contribution in [3.8, 4) is 11.4 Å². The lowest BCUT2D eigenvalue weighted by atomic mass is 10.2. The highest BCUT2D eigenvalue weighted by Crippen LogP contribution is 2.39. The van der Waals surface area contributed by atoms with E-state index in [0.717, 1.165) is 28.6 Å². The third-order valence-corrected chi connectivity index (χ3v) is 3.98. The number of H-pyrrole nitrogens is 1. The highest BCUT2D eigenvalue weighted by Gasteiger charge is 2.27. The summed E-state index contributed by atoms with van der Waals surface area (Å²) in [5.41, 5.74) is 6.95. The molecule has 0 aromatic carbocycles. The molecule has 1 aliphatic carbocycles. The van der Waals surface area contributed by atoms with Crippen molar-refractivity contribution < 1.29 is 0 Å². The molecule has 2 heterocycles. The molecular formula is C11H14N4S. The van der Waals surface area contributed by atoms with Gasteiger partial charge in [-0.15, -0.1) is 11.3 Å². The van der Waals surface area contributed by atoms with Crippen LogP contribution in [0, 0.1) is 0 Å². The molecule has 0 amide bonds. The predicted molar refractivity (Wildman–Crippen MR) is 65.5 cm³/mol. The number of nitrogens with zero attached hydrogens (tertiary/aromatic N) is 2. The highest BCUT2D eigenvalue weighted by molar-refractivity contribution is 7.16. The maximum Gasteiger partial charge on any atom is 0.184 e. The molecule has 1 saturated carbocycles. The maximum atomic E-state index is 5.97. The number of rotatable bonds is 3. The number of aromatic amines is 1. The summed E-state index contributed by atoms with van der Waals surface area (Å²) >= 11 is 1.63. The quantitative estimate of drug-likeness (QED) is 0.857. The zero-order valence-corrected chi connectivity index (χ0v) is 9.97. The van der Waals surface area contributed by atoms with Crippen molar-refractivity contribution in [2.75, 3.05) is 5.73 Å². The van der Waals surface area contributed by atoms with Crippen molar-refractivity contribution in [1.82, 2.24) is 15.2 Å². The number of hydrogen-bond acceptors (Lipinski definition) is 4. The Labute approximate surface area is 97.9 Å². The summed E-state index contributed by atoms with van der Waals surface area (Å²) in [5, 5.41) is 8.07. The Hall–Kier alpha value is -1.36. The van der Waals surface area contributed by atoms with E-state index in [1.807, 2.05) is 0 Å². The van der Waals surface area contributed by atoms with Crippen LogP contribution in [0.4, 0.5) is 5.00 Å². The molecule has 0 unspecified atom stereocenters. The van der Waals surface area contributed by atoms with Gasteiger partial charge in [0, 0.05) is 10.8 Å². The van der Waals surface area contributed by atoms with E-state index in [0.29, 0.717) is 5.92 Å². The molecule has 0 aliphatic heterocycles. The number of aromatic nitrogens is 3. The zero-order chi connectivity index (χ0) is 11.1. The molecule has 3 N–H and O–H groups in total. The summed E-state index contributed by atoms with van der Waals surface area (Å²) in [7, 11) is 0. The molecule has 16 heavy (non-hydrogen) atoms. The van der Waals surface area contributed by atoms with E-state index in [-0.39, 0.29) is 0 Å². The molecule has 0 radical (unpaired) electrons. The minimum atomic E-state index is 0.603. The summed E-state index contributed by atoms with van der Waals surface area (Å²) in [4.78, 5) is 5.79. The fourth-order valence-electron chi connectivity index (χ4n) is 1.74. The van der Waals surface area contributed by atoms with Crippen LogP contribution >= 0.6 is 11.3 Å². The third kappa shape index (κ3) is 1.61. The fraction of sp³-hybridized carbons (Fsp3) is 0.455. The standard InChI is InChI=1S/C11H14N4S/c1-2-7-5-8(9(12)16-7)11-13-10(14-15-11)6-3-4-6/h5-6H,2-4,12H2,1H3,(H,13,14,15). The molecule has 4 nitrogen and oxygen atoms in total. The van der Waals surface area contributed by atoms with Crippen LogP contribution in [0.5, 0.6) is 0 Å². The number of thiophene rings is 1. The van der Waals surface area contributed by atoms with Gasteiger partial charge in [0.15, 0.2) is 5.82 Å². The van der Waals surface area contributed by atoms with Crippen LogP contribution in [0.15, 0.2) is 6.07 Å². The number of anilines is 1. The number of hydrogen-bond donors (Lipinski definition) is 2. The predicted octanol–water partition coefficient (Wildman–Crippen LogP) is 2.56. The van der Waals surface area contributed by atoms with E-state index < -0.39 is 0 Å². The monoisotopic (exact) mass is 234 g/mol. The van der Waals surface area contributed by atoms with Gasteiger partial charge >= 0.3 is 0 Å². The SMILES string of the molecule is CCc1cc(-c2n[nH]c(C3CC3)n2)c(N)s1. The van der Waals surface area contributed by atoms with E-state index >= 15 is 0 Å². The van der Waals surface area contributed by atoms with Gasteiger partial charge in [-0.25, -0.2) is 4.98 Å². The van der Waals surface area contributed by atoms with E-state index in [4.69, 9.17) is 5.73 Å². The lowest BCUT2D eigenvalue weighted by Gasteiger charge is -1.90. The summed E-state index contributed by atoms with van der Waals surface area (Å²) in [5.74, 6) is 2.36. The number of nitrogen functional groups attached to an aromatic ring is 1. The van der Waals surface area contributed by atoms with Gasteiger partial charge in [0.1, 0.15) is 5.82 Å². The van der Waals surface area contributed by atoms with Crippen LogP contribution in [0.2, 0.25) is 0 Å². The fourth-order valence-corrected chi connectivity index (χ4v) is 2.60. The van der Waals surface area contributed by atoms with Crippen molar-refractivity contribution in [2.24, 2.45) is 0 Å². The second-order valence-corrected chi connectivity index (χ2v) is 5.33. The minimum Gasteiger partial charge on any atom is -0.390 e. The molecule has 84 valence electrons. The van der Waals surface area contributed by atoms with Crippen LogP contribution in [-0.4, -0.2) is 15.2 Å². The molecule has 3 rings (SSSR count). The lowest BCUT2D eigenvalue weighted by molar-refractivity contribution is 0.935. The van der Waals surface area contributed by atoms with Crippen LogP contribution < -0.4 is 5.73 Å². The molecule has 0 spiro atoms. The van der Waals surface area contributed by atoms with Crippen LogP contribution in [-0.2, 0) is 6.42 Å². The minimum absolute atomic E-state index is 0.603. The van der Waals surface area contributed by atoms with Crippen LogP contribution in [0.25, 0.3) is 11.4 Å². The van der Waals surface area contributed by atoms with Crippen molar-refractivity contribution >= 4 is 16.3 Å². The van der Waals surface area contributed by atoms with Gasteiger partial charge in [-0.3, -0.25) is 5.10 Å². The number of aryl methyl sites for hydroxylation is 1. The number of nitrogens with two attached hydrogens (primary N) is 1. The Balaban J connectivity index is 1.96. The van der Waals surface area contributed by atoms with Gasteiger partial charge in [-0.05, 0) is 25.3 Å². The summed E-state index contributed by atoms with van der Waals surface area (Å²) in [6, 6.07) is 2.10. The van der Waals surface area contributed by atoms with Gasteiger partial charge < -0.3 is 5.73 Å². The zero-order valence-electron chi connectivity index (χ0n) is 9.16. The van der Waals surface area contributed by atoms with Crippen molar-refractivity contribution in [1.29, 1.82) is 0 Å². The molecule has 1 fully saturated rings. The Bertz CT molecular complexity index is 510. The second kappa shape index (κ2) is 3.59. The normalized spacial score (nSPS) is 15.6. The summed E-state index contributed by atoms with van der Waals surface area (Å²) < 4.78 is 0. The molecule has 0 bridgehead atoms. The number of nitrogens with one attached hydrogen (secondary N) is 1. The maximum absolute atomic E-state index is 5.97. The largest absolute Gasteiger partial charge is 0.390 e. The highest BCUT2D eigenvalue weighted by atomic mass is 32.1. The lowest BCUT2D eigenvalue weighted by Crippen LogP contribution is -1.85. The van der Waals surface area contributed by atoms with Gasteiger partial charge in [-0.2, -0.15) is 5.10 Å². The molecule has 1 aliphatic rings. The summed E-state index contributed by atoms with van der Waals surface area (Å²) in [6.07, 6.45) is 3.47. The van der Waals surface area contributed by atoms with Gasteiger partial charge in [0.05, 0.1) is 10.6 Å². The van der Waals surface area contributed by atoms with E-state index in [1.165, 1.54) is 17.7 Å². The smallest absolute Gasteiger partial charge is 0.184 e. The Morgan fingerprint density at radius 3 is 3.00 bits per heavy atom. The Morgan fingerprint density at radius 1 is 1.56 bits per heavy atom. The third-order valence-electron chi connectivity index (χ3n) is 2.87. The van der Waals surface area contributed by atoms with Crippen LogP contribution in [0.3, 0.4) is 0 Å². The van der Waals surface area contributed by atoms with Crippen molar-refractivity contribution in [2.45, 2.75) is 32.1 Å². The van der Waals surface area contributed by atoms with E-state index in [1.54, 1.807) is 11.3 Å². The first kappa shape index (κ1) is 9.84. The molecule has 0 saturated heterocycles. The van der Waals surface area contributed by atoms with Gasteiger partial charge in [0.2, 0.25) is 0 Å². The van der Waals surface area contributed by atoms with Gasteiger partial charge in [-0.1, -0.05) is 6.92 Å². The first-order chi connectivity index (χ1) is 7.78. The molecule has 0 atom stereocenters. The van der Waals surface area contributed by atoms with E-state index in [9.17, 15) is 0 Å². The molecule has 2 aromatic rings. The second-order valence-electron chi connectivity index (χ2n) is 4.16. The molecule has 5 heteroatoms. The average molecular weight is 234 g/mol. The first-order valence-corrected chi connectivity index (χ1v) is 6.40. The Morgan fingerprint density at radius 2 is 2.38 bits per heavy atom. The van der Waals surface area contributed by atoms with Crippen molar-refractivity contribution in [3.63, 3.8) is 0 Å².